The van der Waals surface area contributed by atoms with Gasteiger partial charge in [-0.2, -0.15) is 0 Å². The first-order chi connectivity index (χ1) is 12.7. The van der Waals surface area contributed by atoms with Crippen LogP contribution < -0.4 is 0 Å². The molecule has 1 aromatic heterocycles. The van der Waals surface area contributed by atoms with Crippen LogP contribution in [0.15, 0.2) is 18.5 Å². The largest absolute Gasteiger partial charge is 0.472 e. The Kier molecular flexibility index (Phi) is 6.00. The standard InChI is InChI=1S/C17H24FN2O6P/c1-10(2)24-8-15-14(26-27(21,22)23-4)7-16(25-15)20-9-19-17-11(3)5-12(18)6-13(17)20/h5-6,9-10,14-16H,7-8H2,1-4H3,(H,21,22)/t14-,15+,16+/m0/s1. The molecule has 0 amide bonds. The Hall–Kier alpha value is -1.35. The van der Waals surface area contributed by atoms with Gasteiger partial charge in [-0.3, -0.25) is 9.05 Å². The molecule has 1 saturated heterocycles. The lowest BCUT2D eigenvalue weighted by molar-refractivity contribution is -0.0722. The molecular weight excluding hydrogens is 378 g/mol. The Bertz CT molecular complexity index is 857. The molecule has 0 saturated carbocycles. The number of hydrogen-bond donors (Lipinski definition) is 1. The number of ether oxygens (including phenoxy) is 2. The molecule has 150 valence electrons. The second-order valence-electron chi connectivity index (χ2n) is 6.78. The predicted molar refractivity (Wildman–Crippen MR) is 95.8 cm³/mol. The zero-order valence-electron chi connectivity index (χ0n) is 15.7. The second kappa shape index (κ2) is 7.95. The topological polar surface area (TPSA) is 92.0 Å². The van der Waals surface area contributed by atoms with Gasteiger partial charge in [0, 0.05) is 13.5 Å². The SMILES string of the molecule is COP(=O)(O)O[C@H]1C[C@H](n2cnc3c(C)cc(F)cc32)O[C@@H]1COC(C)C. The number of hydrogen-bond acceptors (Lipinski definition) is 6. The van der Waals surface area contributed by atoms with E-state index >= 15 is 0 Å². The Morgan fingerprint density at radius 2 is 2.22 bits per heavy atom. The van der Waals surface area contributed by atoms with Gasteiger partial charge < -0.3 is 18.9 Å². The molecule has 1 aliphatic heterocycles. The quantitative estimate of drug-likeness (QED) is 0.710. The molecule has 2 aromatic rings. The van der Waals surface area contributed by atoms with Gasteiger partial charge in [-0.15, -0.1) is 0 Å². The van der Waals surface area contributed by atoms with E-state index in [2.05, 4.69) is 9.51 Å². The number of halogens is 1. The van der Waals surface area contributed by atoms with Crippen LogP contribution in [-0.4, -0.2) is 46.5 Å². The van der Waals surface area contributed by atoms with Crippen LogP contribution in [0.5, 0.6) is 0 Å². The molecule has 8 nitrogen and oxygen atoms in total. The fourth-order valence-electron chi connectivity index (χ4n) is 3.13. The van der Waals surface area contributed by atoms with Crippen molar-refractivity contribution in [3.8, 4) is 0 Å². The highest BCUT2D eigenvalue weighted by Gasteiger charge is 2.41. The molecule has 3 rings (SSSR count). The molecule has 2 heterocycles. The zero-order chi connectivity index (χ0) is 19.8. The van der Waals surface area contributed by atoms with Crippen LogP contribution in [0.1, 0.15) is 32.1 Å². The Labute approximate surface area is 156 Å². The molecule has 27 heavy (non-hydrogen) atoms. The molecule has 1 aliphatic rings. The minimum absolute atomic E-state index is 0.0394. The molecule has 4 atom stereocenters. The van der Waals surface area contributed by atoms with Crippen molar-refractivity contribution in [2.24, 2.45) is 0 Å². The van der Waals surface area contributed by atoms with Crippen LogP contribution in [-0.2, 0) is 23.1 Å². The molecular formula is C17H24FN2O6P. The number of fused-ring (bicyclic) bond motifs is 1. The first kappa shape index (κ1) is 20.4. The van der Waals surface area contributed by atoms with E-state index in [9.17, 15) is 13.8 Å². The van der Waals surface area contributed by atoms with E-state index < -0.39 is 26.3 Å². The normalized spacial score (nSPS) is 25.4. The molecule has 0 radical (unpaired) electrons. The minimum Gasteiger partial charge on any atom is -0.376 e. The van der Waals surface area contributed by atoms with Gasteiger partial charge in [-0.1, -0.05) is 0 Å². The predicted octanol–water partition coefficient (Wildman–Crippen LogP) is 3.33. The van der Waals surface area contributed by atoms with E-state index in [1.54, 1.807) is 17.8 Å². The lowest BCUT2D eigenvalue weighted by atomic mass is 10.2. The molecule has 1 unspecified atom stereocenters. The maximum atomic E-state index is 13.9. The van der Waals surface area contributed by atoms with Crippen LogP contribution in [0.25, 0.3) is 11.0 Å². The summed E-state index contributed by atoms with van der Waals surface area (Å²) in [5.41, 5.74) is 1.97. The van der Waals surface area contributed by atoms with Gasteiger partial charge in [-0.05, 0) is 38.5 Å². The van der Waals surface area contributed by atoms with Crippen molar-refractivity contribution in [3.63, 3.8) is 0 Å². The van der Waals surface area contributed by atoms with Gasteiger partial charge in [0.15, 0.2) is 0 Å². The van der Waals surface area contributed by atoms with Gasteiger partial charge in [-0.25, -0.2) is 13.9 Å². The van der Waals surface area contributed by atoms with E-state index in [0.29, 0.717) is 16.6 Å². The minimum atomic E-state index is -4.19. The van der Waals surface area contributed by atoms with E-state index in [-0.39, 0.29) is 24.9 Å². The highest BCUT2D eigenvalue weighted by molar-refractivity contribution is 7.47. The molecule has 10 heteroatoms. The summed E-state index contributed by atoms with van der Waals surface area (Å²) >= 11 is 0. The van der Waals surface area contributed by atoms with Crippen LogP contribution in [0.4, 0.5) is 4.39 Å². The van der Waals surface area contributed by atoms with E-state index in [0.717, 1.165) is 7.11 Å². The highest BCUT2D eigenvalue weighted by atomic mass is 31.2. The molecule has 0 aliphatic carbocycles. The monoisotopic (exact) mass is 402 g/mol. The first-order valence-corrected chi connectivity index (χ1v) is 10.2. The summed E-state index contributed by atoms with van der Waals surface area (Å²) in [6, 6.07) is 2.81. The molecule has 1 fully saturated rings. The third-order valence-corrected chi connectivity index (χ3v) is 5.42. The van der Waals surface area contributed by atoms with E-state index in [1.807, 2.05) is 13.8 Å². The van der Waals surface area contributed by atoms with Crippen LogP contribution in [0, 0.1) is 12.7 Å². The molecule has 1 N–H and O–H groups in total. The van der Waals surface area contributed by atoms with Crippen molar-refractivity contribution in [2.45, 2.75) is 51.7 Å². The van der Waals surface area contributed by atoms with Gasteiger partial charge >= 0.3 is 7.82 Å². The van der Waals surface area contributed by atoms with Crippen LogP contribution in [0.3, 0.4) is 0 Å². The summed E-state index contributed by atoms with van der Waals surface area (Å²) in [7, 11) is -3.10. The number of aryl methyl sites for hydroxylation is 1. The Morgan fingerprint density at radius 1 is 1.48 bits per heavy atom. The number of benzene rings is 1. The Balaban J connectivity index is 1.87. The van der Waals surface area contributed by atoms with Crippen molar-refractivity contribution >= 4 is 18.9 Å². The maximum absolute atomic E-state index is 13.9. The number of aromatic nitrogens is 2. The number of imidazole rings is 1. The fraction of sp³-hybridized carbons (Fsp3) is 0.588. The number of phosphoric acid groups is 1. The molecule has 1 aromatic carbocycles. The van der Waals surface area contributed by atoms with E-state index in [1.165, 1.54) is 12.1 Å². The molecule has 0 bridgehead atoms. The van der Waals surface area contributed by atoms with Gasteiger partial charge in [0.25, 0.3) is 0 Å². The number of nitrogens with zero attached hydrogens (tertiary/aromatic N) is 2. The van der Waals surface area contributed by atoms with E-state index in [4.69, 9.17) is 14.0 Å². The lowest BCUT2D eigenvalue weighted by Gasteiger charge is -2.21. The third-order valence-electron chi connectivity index (χ3n) is 4.42. The number of phosphoric ester groups is 1. The zero-order valence-corrected chi connectivity index (χ0v) is 16.6. The van der Waals surface area contributed by atoms with Crippen molar-refractivity contribution in [3.05, 3.63) is 29.8 Å². The summed E-state index contributed by atoms with van der Waals surface area (Å²) in [5, 5.41) is 0. The van der Waals surface area contributed by atoms with Crippen LogP contribution in [0.2, 0.25) is 0 Å². The average molecular weight is 402 g/mol. The second-order valence-corrected chi connectivity index (χ2v) is 8.30. The molecule has 0 spiro atoms. The lowest BCUT2D eigenvalue weighted by Crippen LogP contribution is -2.29. The summed E-state index contributed by atoms with van der Waals surface area (Å²) in [6.45, 7) is 5.72. The average Bonchev–Trinajstić information content (AvgIpc) is 3.16. The summed E-state index contributed by atoms with van der Waals surface area (Å²) in [4.78, 5) is 14.0. The highest BCUT2D eigenvalue weighted by Crippen LogP contribution is 2.47. The van der Waals surface area contributed by atoms with Crippen molar-refractivity contribution < 1.29 is 32.4 Å². The summed E-state index contributed by atoms with van der Waals surface area (Å²) in [5.74, 6) is -0.369. The van der Waals surface area contributed by atoms with Crippen molar-refractivity contribution in [1.82, 2.24) is 9.55 Å². The van der Waals surface area contributed by atoms with Gasteiger partial charge in [0.05, 0.1) is 30.1 Å². The Morgan fingerprint density at radius 3 is 2.89 bits per heavy atom. The summed E-state index contributed by atoms with van der Waals surface area (Å²) < 4.78 is 48.8. The first-order valence-electron chi connectivity index (χ1n) is 8.67. The maximum Gasteiger partial charge on any atom is 0.472 e. The third kappa shape index (κ3) is 4.56. The van der Waals surface area contributed by atoms with Gasteiger partial charge in [0.2, 0.25) is 0 Å². The van der Waals surface area contributed by atoms with Crippen LogP contribution >= 0.6 is 7.82 Å². The fourth-order valence-corrected chi connectivity index (χ4v) is 3.78. The van der Waals surface area contributed by atoms with Crippen molar-refractivity contribution in [2.75, 3.05) is 13.7 Å². The van der Waals surface area contributed by atoms with Crippen molar-refractivity contribution in [1.29, 1.82) is 0 Å². The number of rotatable bonds is 7. The summed E-state index contributed by atoms with van der Waals surface area (Å²) in [6.07, 6.45) is -0.0569. The van der Waals surface area contributed by atoms with Gasteiger partial charge in [0.1, 0.15) is 24.3 Å². The smallest absolute Gasteiger partial charge is 0.376 e.